The van der Waals surface area contributed by atoms with Crippen LogP contribution in [0.3, 0.4) is 0 Å². The van der Waals surface area contributed by atoms with Crippen LogP contribution in [0.1, 0.15) is 31.7 Å². The van der Waals surface area contributed by atoms with E-state index in [4.69, 9.17) is 0 Å². The van der Waals surface area contributed by atoms with Gasteiger partial charge in [-0.25, -0.2) is 0 Å². The molecule has 2 N–H and O–H groups in total. The third-order valence-corrected chi connectivity index (χ3v) is 4.76. The number of benzene rings is 1. The quantitative estimate of drug-likeness (QED) is 0.912. The van der Waals surface area contributed by atoms with Crippen LogP contribution in [0.2, 0.25) is 0 Å². The summed E-state index contributed by atoms with van der Waals surface area (Å²) in [5.74, 6) is 0.202. The Labute approximate surface area is 131 Å². The number of hydrogen-bond donors (Lipinski definition) is 2. The third-order valence-electron chi connectivity index (χ3n) is 4.76. The predicted molar refractivity (Wildman–Crippen MR) is 87.6 cm³/mol. The van der Waals surface area contributed by atoms with Crippen molar-refractivity contribution in [2.75, 3.05) is 19.7 Å². The van der Waals surface area contributed by atoms with E-state index in [1.54, 1.807) is 0 Å². The molecule has 1 amide bonds. The number of rotatable bonds is 4. The van der Waals surface area contributed by atoms with Crippen LogP contribution in [0.15, 0.2) is 30.5 Å². The lowest BCUT2D eigenvalue weighted by Gasteiger charge is -2.39. The van der Waals surface area contributed by atoms with Crippen molar-refractivity contribution in [3.8, 4) is 0 Å². The van der Waals surface area contributed by atoms with E-state index in [2.05, 4.69) is 36.2 Å². The molecule has 4 heteroatoms. The van der Waals surface area contributed by atoms with Crippen LogP contribution in [0.4, 0.5) is 0 Å². The third kappa shape index (κ3) is 3.17. The number of carbonyl (C=O) groups is 1. The molecule has 1 aliphatic rings. The number of fused-ring (bicyclic) bond motifs is 1. The number of nitrogens with zero attached hydrogens (tertiary/aromatic N) is 1. The van der Waals surface area contributed by atoms with Gasteiger partial charge in [-0.15, -0.1) is 0 Å². The monoisotopic (exact) mass is 300 g/mol. The van der Waals surface area contributed by atoms with Crippen molar-refractivity contribution in [1.29, 1.82) is 0 Å². The summed E-state index contributed by atoms with van der Waals surface area (Å²) < 4.78 is 0. The predicted octanol–water partition coefficient (Wildman–Crippen LogP) is 2.72. The molecular weight excluding hydrogens is 276 g/mol. The molecular formula is C18H24N2O2. The molecule has 0 radical (unpaired) electrons. The van der Waals surface area contributed by atoms with Crippen LogP contribution >= 0.6 is 0 Å². The number of carbonyl (C=O) groups excluding carboxylic acids is 1. The smallest absolute Gasteiger partial charge is 0.222 e. The maximum absolute atomic E-state index is 12.4. The van der Waals surface area contributed by atoms with Crippen LogP contribution in [0.5, 0.6) is 0 Å². The van der Waals surface area contributed by atoms with Crippen molar-refractivity contribution in [3.05, 3.63) is 36.0 Å². The number of likely N-dealkylation sites (tertiary alicyclic amines) is 1. The molecule has 1 aromatic carbocycles. The first-order valence-corrected chi connectivity index (χ1v) is 8.04. The van der Waals surface area contributed by atoms with Crippen LogP contribution in [0, 0.1) is 5.41 Å². The van der Waals surface area contributed by atoms with E-state index < -0.39 is 0 Å². The minimum atomic E-state index is -0.127. The van der Waals surface area contributed by atoms with Gasteiger partial charge in [0.05, 0.1) is 6.61 Å². The number of nitrogens with one attached hydrogen (secondary N) is 1. The summed E-state index contributed by atoms with van der Waals surface area (Å²) in [4.78, 5) is 17.5. The van der Waals surface area contributed by atoms with Gasteiger partial charge in [0, 0.05) is 36.6 Å². The van der Waals surface area contributed by atoms with Crippen LogP contribution < -0.4 is 0 Å². The topological polar surface area (TPSA) is 56.3 Å². The van der Waals surface area contributed by atoms with E-state index in [-0.39, 0.29) is 17.9 Å². The first-order valence-electron chi connectivity index (χ1n) is 8.04. The molecule has 1 aromatic heterocycles. The Hall–Kier alpha value is -1.81. The minimum Gasteiger partial charge on any atom is -0.396 e. The molecule has 2 heterocycles. The molecule has 2 aromatic rings. The van der Waals surface area contributed by atoms with Gasteiger partial charge in [-0.2, -0.15) is 0 Å². The number of amides is 1. The number of aromatic nitrogens is 1. The van der Waals surface area contributed by atoms with E-state index >= 15 is 0 Å². The fourth-order valence-corrected chi connectivity index (χ4v) is 3.33. The van der Waals surface area contributed by atoms with Crippen LogP contribution in [-0.2, 0) is 11.2 Å². The van der Waals surface area contributed by atoms with Gasteiger partial charge in [0.1, 0.15) is 0 Å². The second-order valence-corrected chi connectivity index (χ2v) is 6.79. The molecule has 22 heavy (non-hydrogen) atoms. The lowest BCUT2D eigenvalue weighted by molar-refractivity contribution is -0.135. The molecule has 1 saturated heterocycles. The first kappa shape index (κ1) is 15.1. The summed E-state index contributed by atoms with van der Waals surface area (Å²) in [5, 5.41) is 10.7. The SMILES string of the molecule is CC1(CO)CCCN(C(=O)CCc2ccc3[nH]ccc3c2)C1. The van der Waals surface area contributed by atoms with Gasteiger partial charge < -0.3 is 15.0 Å². The highest BCUT2D eigenvalue weighted by molar-refractivity contribution is 5.80. The van der Waals surface area contributed by atoms with Crippen molar-refractivity contribution in [2.45, 2.75) is 32.6 Å². The number of piperidine rings is 1. The van der Waals surface area contributed by atoms with E-state index in [1.165, 1.54) is 10.9 Å². The molecule has 1 atom stereocenters. The Balaban J connectivity index is 1.59. The van der Waals surface area contributed by atoms with E-state index in [0.29, 0.717) is 13.0 Å². The standard InChI is InChI=1S/C18H24N2O2/c1-18(13-21)8-2-10-20(12-18)17(22)6-4-14-3-5-16-15(11-14)7-9-19-16/h3,5,7,9,11,19,21H,2,4,6,8,10,12-13H2,1H3. The number of hydrogen-bond acceptors (Lipinski definition) is 2. The van der Waals surface area contributed by atoms with Gasteiger partial charge in [-0.3, -0.25) is 4.79 Å². The minimum absolute atomic E-state index is 0.127. The van der Waals surface area contributed by atoms with Crippen molar-refractivity contribution in [2.24, 2.45) is 5.41 Å². The summed E-state index contributed by atoms with van der Waals surface area (Å²) in [6.07, 6.45) is 5.22. The average molecular weight is 300 g/mol. The summed E-state index contributed by atoms with van der Waals surface area (Å²) in [6.45, 7) is 3.72. The number of aromatic amines is 1. The van der Waals surface area contributed by atoms with Crippen molar-refractivity contribution < 1.29 is 9.90 Å². The fraction of sp³-hybridized carbons (Fsp3) is 0.500. The van der Waals surface area contributed by atoms with Gasteiger partial charge in [-0.1, -0.05) is 13.0 Å². The summed E-state index contributed by atoms with van der Waals surface area (Å²) in [5.41, 5.74) is 2.20. The molecule has 1 aliphatic heterocycles. The highest BCUT2D eigenvalue weighted by atomic mass is 16.3. The average Bonchev–Trinajstić information content (AvgIpc) is 3.00. The zero-order chi connectivity index (χ0) is 15.6. The molecule has 0 aliphatic carbocycles. The normalized spacial score (nSPS) is 22.2. The number of aliphatic hydroxyl groups is 1. The van der Waals surface area contributed by atoms with E-state index in [0.717, 1.165) is 31.3 Å². The maximum Gasteiger partial charge on any atom is 0.222 e. The molecule has 4 nitrogen and oxygen atoms in total. The molecule has 0 bridgehead atoms. The summed E-state index contributed by atoms with van der Waals surface area (Å²) in [7, 11) is 0. The van der Waals surface area contributed by atoms with Crippen LogP contribution in [0.25, 0.3) is 10.9 Å². The van der Waals surface area contributed by atoms with Gasteiger partial charge in [0.25, 0.3) is 0 Å². The fourth-order valence-electron chi connectivity index (χ4n) is 3.33. The maximum atomic E-state index is 12.4. The molecule has 1 unspecified atom stereocenters. The van der Waals surface area contributed by atoms with Gasteiger partial charge in [0.15, 0.2) is 0 Å². The Morgan fingerprint density at radius 2 is 2.27 bits per heavy atom. The van der Waals surface area contributed by atoms with Gasteiger partial charge in [-0.05, 0) is 48.4 Å². The van der Waals surface area contributed by atoms with Gasteiger partial charge in [0.2, 0.25) is 5.91 Å². The Morgan fingerprint density at radius 1 is 1.41 bits per heavy atom. The van der Waals surface area contributed by atoms with Crippen LogP contribution in [-0.4, -0.2) is 40.6 Å². The molecule has 118 valence electrons. The molecule has 0 spiro atoms. The highest BCUT2D eigenvalue weighted by Gasteiger charge is 2.32. The molecule has 3 rings (SSSR count). The lowest BCUT2D eigenvalue weighted by Crippen LogP contribution is -2.46. The summed E-state index contributed by atoms with van der Waals surface area (Å²) >= 11 is 0. The Morgan fingerprint density at radius 3 is 3.09 bits per heavy atom. The first-order chi connectivity index (χ1) is 10.6. The Kier molecular flexibility index (Phi) is 4.21. The van der Waals surface area contributed by atoms with E-state index in [9.17, 15) is 9.90 Å². The molecule has 1 fully saturated rings. The lowest BCUT2D eigenvalue weighted by atomic mass is 9.82. The zero-order valence-electron chi connectivity index (χ0n) is 13.1. The Bertz CT molecular complexity index is 664. The highest BCUT2D eigenvalue weighted by Crippen LogP contribution is 2.29. The number of H-pyrrole nitrogens is 1. The largest absolute Gasteiger partial charge is 0.396 e. The number of aliphatic hydroxyl groups excluding tert-OH is 1. The second-order valence-electron chi connectivity index (χ2n) is 6.79. The van der Waals surface area contributed by atoms with Gasteiger partial charge >= 0.3 is 0 Å². The zero-order valence-corrected chi connectivity index (χ0v) is 13.1. The van der Waals surface area contributed by atoms with Crippen molar-refractivity contribution >= 4 is 16.8 Å². The van der Waals surface area contributed by atoms with E-state index in [1.807, 2.05) is 11.1 Å². The summed E-state index contributed by atoms with van der Waals surface area (Å²) in [6, 6.07) is 8.35. The molecule has 0 saturated carbocycles. The second kappa shape index (κ2) is 6.13. The number of aryl methyl sites for hydroxylation is 1. The van der Waals surface area contributed by atoms with Crippen molar-refractivity contribution in [1.82, 2.24) is 9.88 Å². The van der Waals surface area contributed by atoms with Crippen molar-refractivity contribution in [3.63, 3.8) is 0 Å².